The molecule has 2 aromatic carbocycles. The van der Waals surface area contributed by atoms with Crippen molar-refractivity contribution in [2.45, 2.75) is 12.8 Å². The Morgan fingerprint density at radius 1 is 0.962 bits per heavy atom. The topological polar surface area (TPSA) is 96.3 Å². The maximum Gasteiger partial charge on any atom is 0.294 e. The fourth-order valence-electron chi connectivity index (χ4n) is 2.39. The van der Waals surface area contributed by atoms with Crippen LogP contribution in [-0.2, 0) is 11.2 Å². The van der Waals surface area contributed by atoms with Gasteiger partial charge in [0.2, 0.25) is 5.91 Å². The maximum atomic E-state index is 12.1. The number of hydrogen-bond acceptors (Lipinski definition) is 4. The SMILES string of the molecule is O=C(CCc1ccccc1)NNC(=O)c1nn(-c2ccccc2)cc1O. The van der Waals surface area contributed by atoms with E-state index >= 15 is 0 Å². The van der Waals surface area contributed by atoms with Crippen molar-refractivity contribution in [3.05, 3.63) is 78.1 Å². The predicted molar refractivity (Wildman–Crippen MR) is 95.6 cm³/mol. The molecule has 0 aliphatic carbocycles. The van der Waals surface area contributed by atoms with Crippen LogP contribution in [0.1, 0.15) is 22.5 Å². The molecule has 1 aromatic heterocycles. The summed E-state index contributed by atoms with van der Waals surface area (Å²) in [5, 5.41) is 14.0. The molecule has 7 heteroatoms. The summed E-state index contributed by atoms with van der Waals surface area (Å²) in [5.41, 5.74) is 6.16. The molecule has 0 saturated carbocycles. The minimum atomic E-state index is -0.690. The summed E-state index contributed by atoms with van der Waals surface area (Å²) in [6.07, 6.45) is 2.13. The Morgan fingerprint density at radius 2 is 1.62 bits per heavy atom. The lowest BCUT2D eigenvalue weighted by atomic mass is 10.1. The zero-order valence-electron chi connectivity index (χ0n) is 13.9. The highest BCUT2D eigenvalue weighted by Crippen LogP contribution is 2.17. The van der Waals surface area contributed by atoms with Gasteiger partial charge in [-0.15, -0.1) is 0 Å². The van der Waals surface area contributed by atoms with E-state index in [1.807, 2.05) is 48.5 Å². The van der Waals surface area contributed by atoms with Crippen molar-refractivity contribution in [1.29, 1.82) is 0 Å². The smallest absolute Gasteiger partial charge is 0.294 e. The number of aryl methyl sites for hydroxylation is 1. The average Bonchev–Trinajstić information content (AvgIpc) is 3.08. The summed E-state index contributed by atoms with van der Waals surface area (Å²) in [7, 11) is 0. The minimum absolute atomic E-state index is 0.169. The van der Waals surface area contributed by atoms with Crippen molar-refractivity contribution in [3.63, 3.8) is 0 Å². The lowest BCUT2D eigenvalue weighted by Crippen LogP contribution is -2.42. The third-order valence-electron chi connectivity index (χ3n) is 3.73. The van der Waals surface area contributed by atoms with Crippen LogP contribution in [0.3, 0.4) is 0 Å². The van der Waals surface area contributed by atoms with Crippen LogP contribution in [-0.4, -0.2) is 26.7 Å². The second-order valence-corrected chi connectivity index (χ2v) is 5.63. The fraction of sp³-hybridized carbons (Fsp3) is 0.105. The second kappa shape index (κ2) is 7.98. The molecule has 132 valence electrons. The molecule has 0 radical (unpaired) electrons. The van der Waals surface area contributed by atoms with Crippen LogP contribution < -0.4 is 10.9 Å². The summed E-state index contributed by atoms with van der Waals surface area (Å²) in [4.78, 5) is 24.0. The fourth-order valence-corrected chi connectivity index (χ4v) is 2.39. The molecule has 0 aliphatic rings. The van der Waals surface area contributed by atoms with Crippen LogP contribution in [0.2, 0.25) is 0 Å². The lowest BCUT2D eigenvalue weighted by molar-refractivity contribution is -0.121. The van der Waals surface area contributed by atoms with Gasteiger partial charge in [-0.05, 0) is 24.1 Å². The lowest BCUT2D eigenvalue weighted by Gasteiger charge is -2.06. The zero-order valence-corrected chi connectivity index (χ0v) is 13.9. The van der Waals surface area contributed by atoms with Gasteiger partial charge in [0, 0.05) is 6.42 Å². The Bertz CT molecular complexity index is 892. The number of amides is 2. The van der Waals surface area contributed by atoms with Crippen LogP contribution in [0.15, 0.2) is 66.9 Å². The number of nitrogens with one attached hydrogen (secondary N) is 2. The van der Waals surface area contributed by atoms with E-state index in [0.29, 0.717) is 12.1 Å². The first kappa shape index (κ1) is 17.2. The van der Waals surface area contributed by atoms with Gasteiger partial charge < -0.3 is 5.11 Å². The number of aromatic hydroxyl groups is 1. The highest BCUT2D eigenvalue weighted by Gasteiger charge is 2.17. The van der Waals surface area contributed by atoms with E-state index in [4.69, 9.17) is 0 Å². The molecular formula is C19H18N4O3. The van der Waals surface area contributed by atoms with Gasteiger partial charge in [0.1, 0.15) is 0 Å². The Hall–Kier alpha value is -3.61. The van der Waals surface area contributed by atoms with E-state index in [2.05, 4.69) is 16.0 Å². The van der Waals surface area contributed by atoms with Crippen molar-refractivity contribution < 1.29 is 14.7 Å². The predicted octanol–water partition coefficient (Wildman–Crippen LogP) is 1.97. The van der Waals surface area contributed by atoms with Crippen molar-refractivity contribution in [2.24, 2.45) is 0 Å². The summed E-state index contributed by atoms with van der Waals surface area (Å²) >= 11 is 0. The highest BCUT2D eigenvalue weighted by atomic mass is 16.3. The Morgan fingerprint density at radius 3 is 2.31 bits per heavy atom. The third-order valence-corrected chi connectivity index (χ3v) is 3.73. The number of carbonyl (C=O) groups is 2. The molecule has 3 aromatic rings. The Kier molecular flexibility index (Phi) is 5.28. The van der Waals surface area contributed by atoms with E-state index in [9.17, 15) is 14.7 Å². The van der Waals surface area contributed by atoms with Crippen LogP contribution in [0.4, 0.5) is 0 Å². The number of nitrogens with zero attached hydrogens (tertiary/aromatic N) is 2. The first-order valence-corrected chi connectivity index (χ1v) is 8.10. The largest absolute Gasteiger partial charge is 0.504 e. The van der Waals surface area contributed by atoms with Gasteiger partial charge in [0.05, 0.1) is 11.9 Å². The standard InChI is InChI=1S/C19H18N4O3/c24-16-13-23(15-9-5-2-6-10-15)22-18(16)19(26)21-20-17(25)12-11-14-7-3-1-4-8-14/h1-10,13,24H,11-12H2,(H,20,25)(H,21,26). The highest BCUT2D eigenvalue weighted by molar-refractivity contribution is 5.95. The van der Waals surface area contributed by atoms with Crippen molar-refractivity contribution in [2.75, 3.05) is 0 Å². The number of rotatable bonds is 5. The van der Waals surface area contributed by atoms with Crippen LogP contribution >= 0.6 is 0 Å². The molecule has 2 amide bonds. The zero-order chi connectivity index (χ0) is 18.4. The molecular weight excluding hydrogens is 332 g/mol. The van der Waals surface area contributed by atoms with Gasteiger partial charge in [0.25, 0.3) is 5.91 Å². The number of aromatic nitrogens is 2. The molecule has 0 fully saturated rings. The molecule has 0 aliphatic heterocycles. The molecule has 0 saturated heterocycles. The molecule has 0 spiro atoms. The second-order valence-electron chi connectivity index (χ2n) is 5.63. The molecule has 0 bridgehead atoms. The normalized spacial score (nSPS) is 10.3. The summed E-state index contributed by atoms with van der Waals surface area (Å²) in [6.45, 7) is 0. The summed E-state index contributed by atoms with van der Waals surface area (Å²) in [6, 6.07) is 18.7. The van der Waals surface area contributed by atoms with Crippen molar-refractivity contribution in [1.82, 2.24) is 20.6 Å². The molecule has 0 atom stereocenters. The Balaban J connectivity index is 1.55. The number of para-hydroxylation sites is 1. The number of carbonyl (C=O) groups excluding carboxylic acids is 2. The molecule has 7 nitrogen and oxygen atoms in total. The van der Waals surface area contributed by atoms with Gasteiger partial charge in [-0.3, -0.25) is 20.4 Å². The minimum Gasteiger partial charge on any atom is -0.504 e. The Labute approximate surface area is 150 Å². The number of hydrazine groups is 1. The summed E-state index contributed by atoms with van der Waals surface area (Å²) < 4.78 is 1.39. The first-order valence-electron chi connectivity index (χ1n) is 8.10. The van der Waals surface area contributed by atoms with Gasteiger partial charge >= 0.3 is 0 Å². The molecule has 3 N–H and O–H groups in total. The molecule has 26 heavy (non-hydrogen) atoms. The van der Waals surface area contributed by atoms with Gasteiger partial charge in [-0.1, -0.05) is 48.5 Å². The quantitative estimate of drug-likeness (QED) is 0.613. The number of benzene rings is 2. The van der Waals surface area contributed by atoms with E-state index in [1.54, 1.807) is 12.1 Å². The first-order chi connectivity index (χ1) is 12.6. The van der Waals surface area contributed by atoms with Crippen molar-refractivity contribution >= 4 is 11.8 Å². The van der Waals surface area contributed by atoms with Crippen molar-refractivity contribution in [3.8, 4) is 11.4 Å². The van der Waals surface area contributed by atoms with Gasteiger partial charge in [-0.25, -0.2) is 4.68 Å². The molecule has 3 rings (SSSR count). The van der Waals surface area contributed by atoms with Crippen LogP contribution in [0.25, 0.3) is 5.69 Å². The average molecular weight is 350 g/mol. The van der Waals surface area contributed by atoms with Crippen LogP contribution in [0, 0.1) is 0 Å². The van der Waals surface area contributed by atoms with Crippen LogP contribution in [0.5, 0.6) is 5.75 Å². The molecule has 1 heterocycles. The van der Waals surface area contributed by atoms with E-state index < -0.39 is 5.91 Å². The monoisotopic (exact) mass is 350 g/mol. The molecule has 0 unspecified atom stereocenters. The van der Waals surface area contributed by atoms with E-state index in [-0.39, 0.29) is 23.8 Å². The summed E-state index contributed by atoms with van der Waals surface area (Å²) in [5.74, 6) is -1.29. The third kappa shape index (κ3) is 4.27. The van der Waals surface area contributed by atoms with E-state index in [0.717, 1.165) is 5.56 Å². The number of hydrogen-bond donors (Lipinski definition) is 3. The maximum absolute atomic E-state index is 12.1. The van der Waals surface area contributed by atoms with Gasteiger partial charge in [-0.2, -0.15) is 5.10 Å². The van der Waals surface area contributed by atoms with Gasteiger partial charge in [0.15, 0.2) is 11.4 Å². The van der Waals surface area contributed by atoms with E-state index in [1.165, 1.54) is 10.9 Å².